The molecule has 0 atom stereocenters. The fourth-order valence-corrected chi connectivity index (χ4v) is 2.03. The Labute approximate surface area is 128 Å². The minimum atomic E-state index is 0. The van der Waals surface area contributed by atoms with Gasteiger partial charge in [0.05, 0.1) is 0 Å². The van der Waals surface area contributed by atoms with Gasteiger partial charge in [0.25, 0.3) is 0 Å². The van der Waals surface area contributed by atoms with Crippen LogP contribution < -0.4 is 10.1 Å². The highest BCUT2D eigenvalue weighted by molar-refractivity contribution is 5.85. The second-order valence-electron chi connectivity index (χ2n) is 4.69. The Morgan fingerprint density at radius 2 is 1.79 bits per heavy atom. The Hall–Kier alpha value is -0.480. The van der Waals surface area contributed by atoms with Crippen molar-refractivity contribution >= 4 is 24.8 Å². The lowest BCUT2D eigenvalue weighted by Gasteiger charge is -2.26. The molecule has 0 spiro atoms. The summed E-state index contributed by atoms with van der Waals surface area (Å²) in [4.78, 5) is 2.44. The van der Waals surface area contributed by atoms with Crippen LogP contribution in [0.15, 0.2) is 18.2 Å². The Bertz CT molecular complexity index is 368. The summed E-state index contributed by atoms with van der Waals surface area (Å²) < 4.78 is 5.78. The second-order valence-corrected chi connectivity index (χ2v) is 4.69. The van der Waals surface area contributed by atoms with E-state index in [0.29, 0.717) is 0 Å². The number of ether oxygens (including phenoxy) is 1. The van der Waals surface area contributed by atoms with Crippen LogP contribution in [0.4, 0.5) is 0 Å². The number of piperazine rings is 1. The van der Waals surface area contributed by atoms with Gasteiger partial charge < -0.3 is 10.1 Å². The van der Waals surface area contributed by atoms with E-state index in [4.69, 9.17) is 4.74 Å². The summed E-state index contributed by atoms with van der Waals surface area (Å²) >= 11 is 0. The number of benzene rings is 1. The number of rotatable bonds is 4. The van der Waals surface area contributed by atoms with Crippen molar-refractivity contribution in [2.45, 2.75) is 13.8 Å². The third kappa shape index (κ3) is 6.00. The Morgan fingerprint density at radius 3 is 2.42 bits per heavy atom. The molecule has 19 heavy (non-hydrogen) atoms. The van der Waals surface area contributed by atoms with E-state index in [1.165, 1.54) is 11.1 Å². The smallest absolute Gasteiger partial charge is 0.119 e. The molecule has 0 bridgehead atoms. The molecular formula is C14H24Cl2N2O. The minimum absolute atomic E-state index is 0. The summed E-state index contributed by atoms with van der Waals surface area (Å²) in [7, 11) is 0. The lowest BCUT2D eigenvalue weighted by molar-refractivity contribution is 0.191. The standard InChI is InChI=1S/C14H22N2O.2ClH/c1-12-3-4-14(11-13(12)2)17-10-9-16-7-5-15-6-8-16;;/h3-4,11,15H,5-10H2,1-2H3;2*1H. The maximum Gasteiger partial charge on any atom is 0.119 e. The molecule has 1 aromatic carbocycles. The minimum Gasteiger partial charge on any atom is -0.492 e. The van der Waals surface area contributed by atoms with Gasteiger partial charge in [0, 0.05) is 32.7 Å². The highest BCUT2D eigenvalue weighted by atomic mass is 35.5. The van der Waals surface area contributed by atoms with Crippen LogP contribution in [0, 0.1) is 13.8 Å². The predicted octanol–water partition coefficient (Wildman–Crippen LogP) is 2.43. The first-order valence-corrected chi connectivity index (χ1v) is 6.39. The first-order valence-electron chi connectivity index (χ1n) is 6.39. The van der Waals surface area contributed by atoms with Crippen LogP contribution in [0.25, 0.3) is 0 Å². The highest BCUT2D eigenvalue weighted by Gasteiger charge is 2.08. The highest BCUT2D eigenvalue weighted by Crippen LogP contribution is 2.16. The zero-order chi connectivity index (χ0) is 12.1. The quantitative estimate of drug-likeness (QED) is 0.924. The van der Waals surface area contributed by atoms with Crippen LogP contribution in [-0.4, -0.2) is 44.2 Å². The van der Waals surface area contributed by atoms with Crippen molar-refractivity contribution in [2.24, 2.45) is 0 Å². The third-order valence-corrected chi connectivity index (χ3v) is 3.36. The van der Waals surface area contributed by atoms with Crippen molar-refractivity contribution in [3.63, 3.8) is 0 Å². The molecule has 1 saturated heterocycles. The molecule has 1 N–H and O–H groups in total. The van der Waals surface area contributed by atoms with E-state index in [1.54, 1.807) is 0 Å². The summed E-state index contributed by atoms with van der Waals surface area (Å²) in [5.41, 5.74) is 2.61. The Balaban J connectivity index is 0.00000162. The van der Waals surface area contributed by atoms with Crippen molar-refractivity contribution in [3.8, 4) is 5.75 Å². The van der Waals surface area contributed by atoms with Crippen molar-refractivity contribution < 1.29 is 4.74 Å². The molecule has 5 heteroatoms. The average Bonchev–Trinajstić information content (AvgIpc) is 2.35. The molecule has 0 unspecified atom stereocenters. The van der Waals surface area contributed by atoms with E-state index >= 15 is 0 Å². The molecule has 0 amide bonds. The maximum atomic E-state index is 5.78. The number of halogens is 2. The predicted molar refractivity (Wildman–Crippen MR) is 85.2 cm³/mol. The van der Waals surface area contributed by atoms with Gasteiger partial charge in [-0.1, -0.05) is 6.07 Å². The van der Waals surface area contributed by atoms with Crippen molar-refractivity contribution in [2.75, 3.05) is 39.3 Å². The molecule has 1 aliphatic rings. The zero-order valence-electron chi connectivity index (χ0n) is 11.6. The van der Waals surface area contributed by atoms with E-state index in [1.807, 2.05) is 0 Å². The molecule has 0 aliphatic carbocycles. The van der Waals surface area contributed by atoms with Gasteiger partial charge in [-0.2, -0.15) is 0 Å². The fourth-order valence-electron chi connectivity index (χ4n) is 2.03. The van der Waals surface area contributed by atoms with E-state index in [9.17, 15) is 0 Å². The van der Waals surface area contributed by atoms with Crippen LogP contribution >= 0.6 is 24.8 Å². The van der Waals surface area contributed by atoms with Crippen LogP contribution in [0.5, 0.6) is 5.75 Å². The molecule has 1 aliphatic heterocycles. The monoisotopic (exact) mass is 306 g/mol. The number of hydrogen-bond donors (Lipinski definition) is 1. The summed E-state index contributed by atoms with van der Waals surface area (Å²) in [5.74, 6) is 0.989. The lowest BCUT2D eigenvalue weighted by atomic mass is 10.1. The Morgan fingerprint density at radius 1 is 1.11 bits per heavy atom. The van der Waals surface area contributed by atoms with Crippen LogP contribution in [-0.2, 0) is 0 Å². The van der Waals surface area contributed by atoms with Gasteiger partial charge in [0.15, 0.2) is 0 Å². The first-order chi connectivity index (χ1) is 8.25. The van der Waals surface area contributed by atoms with Crippen molar-refractivity contribution in [3.05, 3.63) is 29.3 Å². The topological polar surface area (TPSA) is 24.5 Å². The zero-order valence-corrected chi connectivity index (χ0v) is 13.3. The van der Waals surface area contributed by atoms with Gasteiger partial charge in [0.1, 0.15) is 12.4 Å². The molecule has 0 saturated carbocycles. The summed E-state index contributed by atoms with van der Waals surface area (Å²) in [5, 5.41) is 3.35. The number of nitrogens with zero attached hydrogens (tertiary/aromatic N) is 1. The van der Waals surface area contributed by atoms with E-state index in [2.05, 4.69) is 42.3 Å². The van der Waals surface area contributed by atoms with Gasteiger partial charge in [0.2, 0.25) is 0 Å². The van der Waals surface area contributed by atoms with Crippen LogP contribution in [0.3, 0.4) is 0 Å². The molecule has 0 aromatic heterocycles. The summed E-state index contributed by atoms with van der Waals surface area (Å²) in [6.07, 6.45) is 0. The van der Waals surface area contributed by atoms with E-state index < -0.39 is 0 Å². The van der Waals surface area contributed by atoms with Gasteiger partial charge in [-0.25, -0.2) is 0 Å². The third-order valence-electron chi connectivity index (χ3n) is 3.36. The fraction of sp³-hybridized carbons (Fsp3) is 0.571. The molecular weight excluding hydrogens is 283 g/mol. The van der Waals surface area contributed by atoms with Gasteiger partial charge in [-0.15, -0.1) is 24.8 Å². The second kappa shape index (κ2) is 9.43. The first kappa shape index (κ1) is 18.5. The summed E-state index contributed by atoms with van der Waals surface area (Å²) in [6.45, 7) is 10.5. The summed E-state index contributed by atoms with van der Waals surface area (Å²) in [6, 6.07) is 6.29. The molecule has 3 nitrogen and oxygen atoms in total. The largest absolute Gasteiger partial charge is 0.492 e. The molecule has 1 aromatic rings. The van der Waals surface area contributed by atoms with Crippen molar-refractivity contribution in [1.82, 2.24) is 10.2 Å². The Kier molecular flexibility index (Phi) is 9.19. The van der Waals surface area contributed by atoms with Gasteiger partial charge in [-0.05, 0) is 37.1 Å². The molecule has 0 radical (unpaired) electrons. The van der Waals surface area contributed by atoms with Crippen molar-refractivity contribution in [1.29, 1.82) is 0 Å². The van der Waals surface area contributed by atoms with Gasteiger partial charge in [-0.3, -0.25) is 4.90 Å². The van der Waals surface area contributed by atoms with E-state index in [-0.39, 0.29) is 24.8 Å². The van der Waals surface area contributed by atoms with E-state index in [0.717, 1.165) is 45.1 Å². The lowest BCUT2D eigenvalue weighted by Crippen LogP contribution is -2.44. The number of nitrogens with one attached hydrogen (secondary N) is 1. The molecule has 110 valence electrons. The maximum absolute atomic E-state index is 5.78. The average molecular weight is 307 g/mol. The molecule has 1 heterocycles. The van der Waals surface area contributed by atoms with Crippen LogP contribution in [0.1, 0.15) is 11.1 Å². The van der Waals surface area contributed by atoms with Crippen LogP contribution in [0.2, 0.25) is 0 Å². The SMILES string of the molecule is Cc1ccc(OCCN2CCNCC2)cc1C.Cl.Cl. The number of hydrogen-bond acceptors (Lipinski definition) is 3. The normalized spacial score (nSPS) is 15.3. The molecule has 1 fully saturated rings. The van der Waals surface area contributed by atoms with Gasteiger partial charge >= 0.3 is 0 Å². The number of aryl methyl sites for hydroxylation is 2. The molecule has 2 rings (SSSR count).